The maximum atomic E-state index is 13.1. The zero-order valence-electron chi connectivity index (χ0n) is 26.9. The largest absolute Gasteiger partial charge is 0.491 e. The number of nitrogens with two attached hydrogens (primary N) is 1. The number of carbonyl (C=O) groups excluding carboxylic acids is 2. The van der Waals surface area contributed by atoms with Gasteiger partial charge in [-0.3, -0.25) is 9.59 Å². The number of hydrogen-bond acceptors (Lipinski definition) is 9. The van der Waals surface area contributed by atoms with Crippen LogP contribution in [0.25, 0.3) is 17.0 Å². The van der Waals surface area contributed by atoms with Gasteiger partial charge in [-0.1, -0.05) is 24.9 Å². The normalized spacial score (nSPS) is 19.6. The van der Waals surface area contributed by atoms with E-state index in [1.807, 2.05) is 18.7 Å². The average molecular weight is 640 g/mol. The first-order valence-corrected chi connectivity index (χ1v) is 16.5. The molecule has 3 aliphatic rings. The second-order valence-electron chi connectivity index (χ2n) is 12.9. The Balaban J connectivity index is 1.40. The molecule has 1 saturated carbocycles. The Bertz CT molecular complexity index is 1440. The molecule has 0 bridgehead atoms. The third-order valence-electron chi connectivity index (χ3n) is 9.42. The van der Waals surface area contributed by atoms with Gasteiger partial charge >= 0.3 is 0 Å². The molecule has 45 heavy (non-hydrogen) atoms. The number of aromatic nitrogens is 2. The number of benzene rings is 1. The number of nitrogens with zero attached hydrogens (tertiary/aromatic N) is 4. The maximum absolute atomic E-state index is 13.1. The van der Waals surface area contributed by atoms with Crippen LogP contribution in [0, 0.1) is 18.3 Å². The van der Waals surface area contributed by atoms with E-state index in [4.69, 9.17) is 36.8 Å². The summed E-state index contributed by atoms with van der Waals surface area (Å²) in [5.74, 6) is 1.83. The lowest BCUT2D eigenvalue weighted by Crippen LogP contribution is -2.59. The molecule has 0 radical (unpaired) electrons. The number of ketones is 1. The van der Waals surface area contributed by atoms with Gasteiger partial charge in [0.1, 0.15) is 18.2 Å². The molecule has 1 aromatic heterocycles. The monoisotopic (exact) mass is 639 g/mol. The number of ether oxygens (including phenoxy) is 2. The minimum absolute atomic E-state index is 0.0808. The Kier molecular flexibility index (Phi) is 10.4. The number of allylic oxidation sites excluding steroid dienone is 2. The smallest absolute Gasteiger partial charge is 0.225 e. The molecule has 10 nitrogen and oxygen atoms in total. The fourth-order valence-corrected chi connectivity index (χ4v) is 7.13. The van der Waals surface area contributed by atoms with Crippen LogP contribution in [0.4, 0.5) is 5.82 Å². The minimum Gasteiger partial charge on any atom is -0.491 e. The third kappa shape index (κ3) is 7.28. The summed E-state index contributed by atoms with van der Waals surface area (Å²) in [6.45, 7) is 11.5. The molecular weight excluding hydrogens is 594 g/mol. The second kappa shape index (κ2) is 14.1. The molecule has 2 aromatic rings. The lowest BCUT2D eigenvalue weighted by molar-refractivity contribution is -0.141. The Morgan fingerprint density at radius 2 is 1.87 bits per heavy atom. The van der Waals surface area contributed by atoms with E-state index in [1.165, 1.54) is 6.92 Å². The van der Waals surface area contributed by atoms with E-state index in [2.05, 4.69) is 4.90 Å². The summed E-state index contributed by atoms with van der Waals surface area (Å²) >= 11 is 6.69. The zero-order valence-corrected chi connectivity index (χ0v) is 27.7. The van der Waals surface area contributed by atoms with Crippen LogP contribution < -0.4 is 15.4 Å². The van der Waals surface area contributed by atoms with E-state index in [1.54, 1.807) is 25.1 Å². The molecular formula is C34H46ClN5O5. The van der Waals surface area contributed by atoms with Crippen molar-refractivity contribution in [3.05, 3.63) is 40.2 Å². The van der Waals surface area contributed by atoms with Crippen molar-refractivity contribution in [2.24, 2.45) is 17.1 Å². The quantitative estimate of drug-likeness (QED) is 0.353. The highest BCUT2D eigenvalue weighted by atomic mass is 35.5. The van der Waals surface area contributed by atoms with Gasteiger partial charge in [0, 0.05) is 54.3 Å². The zero-order chi connectivity index (χ0) is 32.3. The van der Waals surface area contributed by atoms with E-state index in [-0.39, 0.29) is 29.6 Å². The predicted octanol–water partition coefficient (Wildman–Crippen LogP) is 4.78. The van der Waals surface area contributed by atoms with Gasteiger partial charge in [0.2, 0.25) is 5.91 Å². The van der Waals surface area contributed by atoms with Gasteiger partial charge in [-0.2, -0.15) is 0 Å². The van der Waals surface area contributed by atoms with Crippen LogP contribution in [-0.4, -0.2) is 83.8 Å². The molecule has 1 spiro atoms. The van der Waals surface area contributed by atoms with Crippen molar-refractivity contribution in [3.63, 3.8) is 0 Å². The molecule has 2 saturated heterocycles. The second-order valence-corrected chi connectivity index (χ2v) is 13.3. The van der Waals surface area contributed by atoms with Crippen molar-refractivity contribution >= 4 is 34.7 Å². The summed E-state index contributed by atoms with van der Waals surface area (Å²) in [6, 6.07) is 5.26. The van der Waals surface area contributed by atoms with E-state index < -0.39 is 6.10 Å². The van der Waals surface area contributed by atoms with E-state index >= 15 is 0 Å². The number of halogens is 1. The van der Waals surface area contributed by atoms with Crippen LogP contribution in [0.3, 0.4) is 0 Å². The van der Waals surface area contributed by atoms with Crippen molar-refractivity contribution in [2.45, 2.75) is 72.3 Å². The molecule has 5 rings (SSSR count). The average Bonchev–Trinajstić information content (AvgIpc) is 3.00. The van der Waals surface area contributed by atoms with Crippen molar-refractivity contribution < 1.29 is 24.2 Å². The van der Waals surface area contributed by atoms with Crippen molar-refractivity contribution in [1.29, 1.82) is 0 Å². The Labute approximate surface area is 270 Å². The molecule has 1 amide bonds. The Morgan fingerprint density at radius 1 is 1.18 bits per heavy atom. The van der Waals surface area contributed by atoms with Gasteiger partial charge in [0.25, 0.3) is 0 Å². The molecule has 2 aliphatic heterocycles. The fraction of sp³-hybridized carbons (Fsp3) is 0.588. The molecule has 11 heteroatoms. The highest BCUT2D eigenvalue weighted by Gasteiger charge is 2.47. The minimum atomic E-state index is -0.565. The number of carbonyl (C=O) groups is 2. The maximum Gasteiger partial charge on any atom is 0.225 e. The lowest BCUT2D eigenvalue weighted by atomic mass is 9.65. The fourth-order valence-electron chi connectivity index (χ4n) is 6.93. The lowest BCUT2D eigenvalue weighted by Gasteiger charge is -2.54. The van der Waals surface area contributed by atoms with Crippen molar-refractivity contribution in [2.75, 3.05) is 50.9 Å². The Hall–Kier alpha value is -3.21. The number of Topliss-reactive ketones (excluding diaryl/α,β-unsaturated/α-hetero) is 1. The van der Waals surface area contributed by atoms with Crippen molar-refractivity contribution in [3.8, 4) is 17.1 Å². The summed E-state index contributed by atoms with van der Waals surface area (Å²) in [7, 11) is 0. The standard InChI is InChI=1S/C34H46ClN5O5/c1-5-6-25(42)18-45-26-7-8-28(35)27(17-26)31-37-30(29(22(3)36)23(4)41)21(2)32(38-31)40-19-34(20-40)11-9-24(10-12-34)33(43)39-13-15-44-16-14-39/h7-8,17,24-25,42H,5-6,9-16,18-20,36H2,1-4H3/t25-/m1/s1. The number of aliphatic hydroxyl groups excluding tert-OH is 1. The SMILES string of the molecule is CCC[C@@H](O)COc1ccc(Cl)c(-c2nc(C(C(C)=O)=C(C)N)c(C)c(N3CC4(CCC(C(=O)N5CCOCC5)CC4)C3)n2)c1. The molecule has 1 atom stereocenters. The summed E-state index contributed by atoms with van der Waals surface area (Å²) in [6.07, 6.45) is 4.70. The number of rotatable bonds is 10. The number of morpholine rings is 1. The predicted molar refractivity (Wildman–Crippen MR) is 175 cm³/mol. The summed E-state index contributed by atoms with van der Waals surface area (Å²) < 4.78 is 11.3. The highest BCUT2D eigenvalue weighted by Crippen LogP contribution is 2.48. The molecule has 0 unspecified atom stereocenters. The topological polar surface area (TPSA) is 131 Å². The molecule has 1 aliphatic carbocycles. The van der Waals surface area contributed by atoms with Crippen LogP contribution in [0.1, 0.15) is 70.6 Å². The van der Waals surface area contributed by atoms with Crippen LogP contribution in [0.5, 0.6) is 5.75 Å². The van der Waals surface area contributed by atoms with E-state index in [0.717, 1.165) is 56.6 Å². The number of anilines is 1. The van der Waals surface area contributed by atoms with Crippen LogP contribution >= 0.6 is 11.6 Å². The Morgan fingerprint density at radius 3 is 2.49 bits per heavy atom. The van der Waals surface area contributed by atoms with Crippen molar-refractivity contribution in [1.82, 2.24) is 14.9 Å². The first-order valence-electron chi connectivity index (χ1n) is 16.1. The van der Waals surface area contributed by atoms with Crippen LogP contribution in [0.2, 0.25) is 5.02 Å². The summed E-state index contributed by atoms with van der Waals surface area (Å²) in [5, 5.41) is 10.6. The molecule has 1 aromatic carbocycles. The molecule has 3 N–H and O–H groups in total. The highest BCUT2D eigenvalue weighted by molar-refractivity contribution is 6.33. The van der Waals surface area contributed by atoms with Crippen LogP contribution in [-0.2, 0) is 14.3 Å². The third-order valence-corrected chi connectivity index (χ3v) is 9.75. The number of hydrogen-bond donors (Lipinski definition) is 2. The van der Waals surface area contributed by atoms with Crippen LogP contribution in [0.15, 0.2) is 23.9 Å². The number of amides is 1. The first kappa shape index (κ1) is 33.2. The molecule has 3 heterocycles. The van der Waals surface area contributed by atoms with E-state index in [0.29, 0.717) is 71.8 Å². The molecule has 244 valence electrons. The van der Waals surface area contributed by atoms with Gasteiger partial charge in [-0.15, -0.1) is 0 Å². The van der Waals surface area contributed by atoms with Gasteiger partial charge in [0.05, 0.1) is 35.6 Å². The molecule has 3 fully saturated rings. The van der Waals surface area contributed by atoms with Gasteiger partial charge in [-0.05, 0) is 71.1 Å². The van der Waals surface area contributed by atoms with E-state index in [9.17, 15) is 14.7 Å². The van der Waals surface area contributed by atoms with Gasteiger partial charge in [-0.25, -0.2) is 9.97 Å². The van der Waals surface area contributed by atoms with Gasteiger partial charge < -0.3 is 30.1 Å². The number of aliphatic hydroxyl groups is 1. The van der Waals surface area contributed by atoms with Gasteiger partial charge in [0.15, 0.2) is 11.6 Å². The summed E-state index contributed by atoms with van der Waals surface area (Å²) in [5.41, 5.74) is 8.95. The summed E-state index contributed by atoms with van der Waals surface area (Å²) in [4.78, 5) is 40.0. The first-order chi connectivity index (χ1) is 21.5.